The van der Waals surface area contributed by atoms with Gasteiger partial charge >= 0.3 is 0 Å². The molecule has 2 fully saturated rings. The highest BCUT2D eigenvalue weighted by Gasteiger charge is 2.42. The van der Waals surface area contributed by atoms with E-state index in [1.807, 2.05) is 0 Å². The Kier molecular flexibility index (Phi) is 4.55. The van der Waals surface area contributed by atoms with Gasteiger partial charge in [-0.3, -0.25) is 4.90 Å². The van der Waals surface area contributed by atoms with Crippen LogP contribution in [0.4, 0.5) is 0 Å². The van der Waals surface area contributed by atoms with Gasteiger partial charge < -0.3 is 14.9 Å². The number of hydrogen-bond donors (Lipinski definition) is 2. The number of fused-ring (bicyclic) bond motifs is 1. The molecule has 1 saturated carbocycles. The highest BCUT2D eigenvalue weighted by Crippen LogP contribution is 2.40. The first-order valence-electron chi connectivity index (χ1n) is 8.78. The third kappa shape index (κ3) is 3.75. The van der Waals surface area contributed by atoms with Crippen molar-refractivity contribution in [1.82, 2.24) is 14.9 Å². The lowest BCUT2D eigenvalue weighted by Gasteiger charge is -2.22. The van der Waals surface area contributed by atoms with Gasteiger partial charge in [-0.25, -0.2) is 9.97 Å². The zero-order chi connectivity index (χ0) is 17.2. The van der Waals surface area contributed by atoms with E-state index in [1.165, 1.54) is 6.33 Å². The van der Waals surface area contributed by atoms with Crippen LogP contribution in [0.5, 0.6) is 11.5 Å². The van der Waals surface area contributed by atoms with Crippen LogP contribution in [-0.2, 0) is 0 Å². The lowest BCUT2D eigenvalue weighted by atomic mass is 10.0. The smallest absolute Gasteiger partial charge is 0.156 e. The fourth-order valence-electron chi connectivity index (χ4n) is 4.17. The second-order valence-electron chi connectivity index (χ2n) is 7.13. The Morgan fingerprint density at radius 1 is 1.08 bits per heavy atom. The molecule has 1 saturated heterocycles. The molecule has 0 bridgehead atoms. The van der Waals surface area contributed by atoms with Crippen LogP contribution in [0.25, 0.3) is 0 Å². The second kappa shape index (κ2) is 6.98. The maximum absolute atomic E-state index is 10.4. The summed E-state index contributed by atoms with van der Waals surface area (Å²) in [4.78, 5) is 10.3. The van der Waals surface area contributed by atoms with E-state index in [9.17, 15) is 10.2 Å². The van der Waals surface area contributed by atoms with Crippen molar-refractivity contribution in [3.05, 3.63) is 48.5 Å². The Bertz CT molecular complexity index is 681. The van der Waals surface area contributed by atoms with Gasteiger partial charge in [-0.15, -0.1) is 0 Å². The molecule has 1 aromatic carbocycles. The Morgan fingerprint density at radius 3 is 2.36 bits per heavy atom. The van der Waals surface area contributed by atoms with Gasteiger partial charge in [-0.2, -0.15) is 0 Å². The van der Waals surface area contributed by atoms with Crippen LogP contribution >= 0.6 is 0 Å². The molecular weight excluding hydrogens is 318 g/mol. The predicted molar refractivity (Wildman–Crippen MR) is 92.2 cm³/mol. The van der Waals surface area contributed by atoms with Crippen molar-refractivity contribution in [2.24, 2.45) is 11.8 Å². The number of benzene rings is 1. The molecule has 2 aromatic rings. The van der Waals surface area contributed by atoms with E-state index >= 15 is 0 Å². The average molecular weight is 341 g/mol. The van der Waals surface area contributed by atoms with E-state index in [4.69, 9.17) is 4.74 Å². The zero-order valence-corrected chi connectivity index (χ0v) is 14.0. The lowest BCUT2D eigenvalue weighted by Crippen LogP contribution is -2.28. The maximum Gasteiger partial charge on any atom is 0.156 e. The summed E-state index contributed by atoms with van der Waals surface area (Å²) in [6.45, 7) is 2.64. The number of hydrogen-bond acceptors (Lipinski definition) is 6. The minimum atomic E-state index is -0.520. The Hall–Kier alpha value is -2.18. The SMILES string of the molecule is Oc1ccc(C(O)CN2C[C@H]3C[C@H](Oc4cncnc4)C[C@H]3C2)cc1. The monoisotopic (exact) mass is 341 g/mol. The number of phenolic OH excluding ortho intramolecular Hbond substituents is 1. The third-order valence-corrected chi connectivity index (χ3v) is 5.33. The highest BCUT2D eigenvalue weighted by atomic mass is 16.5. The van der Waals surface area contributed by atoms with Gasteiger partial charge in [0, 0.05) is 19.6 Å². The maximum atomic E-state index is 10.4. The molecule has 2 aliphatic rings. The number of β-amino-alcohol motifs (C(OH)–C–C–N with tert-alkyl or cyclic N) is 1. The Morgan fingerprint density at radius 2 is 1.72 bits per heavy atom. The van der Waals surface area contributed by atoms with Crippen molar-refractivity contribution in [3.8, 4) is 11.5 Å². The fraction of sp³-hybridized carbons (Fsp3) is 0.474. The normalized spacial score (nSPS) is 27.2. The topological polar surface area (TPSA) is 78.7 Å². The number of aromatic nitrogens is 2. The summed E-state index contributed by atoms with van der Waals surface area (Å²) < 4.78 is 5.99. The Balaban J connectivity index is 1.28. The van der Waals surface area contributed by atoms with Gasteiger partial charge in [0.25, 0.3) is 0 Å². The van der Waals surface area contributed by atoms with Crippen LogP contribution in [0, 0.1) is 11.8 Å². The minimum absolute atomic E-state index is 0.224. The van der Waals surface area contributed by atoms with Gasteiger partial charge in [0.15, 0.2) is 5.75 Å². The van der Waals surface area contributed by atoms with E-state index < -0.39 is 6.10 Å². The van der Waals surface area contributed by atoms with E-state index in [0.29, 0.717) is 18.4 Å². The zero-order valence-electron chi connectivity index (χ0n) is 14.0. The van der Waals surface area contributed by atoms with Crippen molar-refractivity contribution in [2.75, 3.05) is 19.6 Å². The first-order chi connectivity index (χ1) is 12.2. The highest BCUT2D eigenvalue weighted by molar-refractivity contribution is 5.27. The number of aliphatic hydroxyl groups is 1. The number of phenols is 1. The van der Waals surface area contributed by atoms with Gasteiger partial charge in [-0.1, -0.05) is 12.1 Å². The van der Waals surface area contributed by atoms with Crippen LogP contribution in [0.2, 0.25) is 0 Å². The molecule has 0 amide bonds. The molecule has 0 radical (unpaired) electrons. The molecule has 1 aliphatic carbocycles. The molecule has 2 N–H and O–H groups in total. The van der Waals surface area contributed by atoms with E-state index in [0.717, 1.165) is 37.2 Å². The molecule has 4 atom stereocenters. The van der Waals surface area contributed by atoms with Crippen molar-refractivity contribution >= 4 is 0 Å². The van der Waals surface area contributed by atoms with Crippen molar-refractivity contribution in [1.29, 1.82) is 0 Å². The summed E-state index contributed by atoms with van der Waals surface area (Å²) in [5, 5.41) is 19.8. The van der Waals surface area contributed by atoms with E-state index in [1.54, 1.807) is 36.7 Å². The number of aliphatic hydroxyl groups excluding tert-OH is 1. The number of aromatic hydroxyl groups is 1. The molecule has 25 heavy (non-hydrogen) atoms. The van der Waals surface area contributed by atoms with Crippen LogP contribution in [0.1, 0.15) is 24.5 Å². The predicted octanol–water partition coefficient (Wildman–Crippen LogP) is 2.00. The van der Waals surface area contributed by atoms with Crippen LogP contribution in [0.3, 0.4) is 0 Å². The number of rotatable bonds is 5. The summed E-state index contributed by atoms with van der Waals surface area (Å²) in [6.07, 6.45) is 6.74. The van der Waals surface area contributed by atoms with Gasteiger partial charge in [0.05, 0.1) is 24.6 Å². The van der Waals surface area contributed by atoms with Crippen LogP contribution in [0.15, 0.2) is 43.0 Å². The molecule has 6 nitrogen and oxygen atoms in total. The third-order valence-electron chi connectivity index (χ3n) is 5.33. The molecule has 1 aliphatic heterocycles. The van der Waals surface area contributed by atoms with Crippen LogP contribution in [-0.4, -0.2) is 50.8 Å². The summed E-state index contributed by atoms with van der Waals surface area (Å²) in [7, 11) is 0. The minimum Gasteiger partial charge on any atom is -0.508 e. The second-order valence-corrected chi connectivity index (χ2v) is 7.13. The molecule has 0 spiro atoms. The van der Waals surface area contributed by atoms with E-state index in [-0.39, 0.29) is 11.9 Å². The fourth-order valence-corrected chi connectivity index (χ4v) is 4.17. The average Bonchev–Trinajstić information content (AvgIpc) is 3.14. The number of ether oxygens (including phenoxy) is 1. The molecule has 2 heterocycles. The molecular formula is C19H23N3O3. The lowest BCUT2D eigenvalue weighted by molar-refractivity contribution is 0.116. The molecule has 132 valence electrons. The van der Waals surface area contributed by atoms with Crippen molar-refractivity contribution in [2.45, 2.75) is 25.0 Å². The van der Waals surface area contributed by atoms with Gasteiger partial charge in [0.1, 0.15) is 12.1 Å². The summed E-state index contributed by atoms with van der Waals surface area (Å²) in [5.41, 5.74) is 0.847. The summed E-state index contributed by atoms with van der Waals surface area (Å²) >= 11 is 0. The molecule has 1 unspecified atom stereocenters. The summed E-state index contributed by atoms with van der Waals surface area (Å²) in [6, 6.07) is 6.80. The molecule has 1 aromatic heterocycles. The largest absolute Gasteiger partial charge is 0.508 e. The van der Waals surface area contributed by atoms with Crippen LogP contribution < -0.4 is 4.74 Å². The summed E-state index contributed by atoms with van der Waals surface area (Å²) in [5.74, 6) is 2.22. The standard InChI is InChI=1S/C19H23N3O3/c23-16-3-1-13(2-4-16)19(24)11-22-9-14-5-17(6-15(14)10-22)25-18-7-20-12-21-8-18/h1-4,7-8,12,14-15,17,19,23-24H,5-6,9-11H2/t14-,15+,17+,19?. The number of likely N-dealkylation sites (tertiary alicyclic amines) is 1. The van der Waals surface area contributed by atoms with Crippen molar-refractivity contribution in [3.63, 3.8) is 0 Å². The van der Waals surface area contributed by atoms with Gasteiger partial charge in [0.2, 0.25) is 0 Å². The molecule has 6 heteroatoms. The van der Waals surface area contributed by atoms with Gasteiger partial charge in [-0.05, 0) is 42.4 Å². The first-order valence-corrected chi connectivity index (χ1v) is 8.78. The number of nitrogens with zero attached hydrogens (tertiary/aromatic N) is 3. The van der Waals surface area contributed by atoms with E-state index in [2.05, 4.69) is 14.9 Å². The Labute approximate surface area is 147 Å². The quantitative estimate of drug-likeness (QED) is 0.866. The molecule has 4 rings (SSSR count). The first kappa shape index (κ1) is 16.3. The van der Waals surface area contributed by atoms with Crippen molar-refractivity contribution < 1.29 is 14.9 Å².